The van der Waals surface area contributed by atoms with Crippen molar-refractivity contribution in [1.82, 2.24) is 0 Å². The van der Waals surface area contributed by atoms with E-state index in [0.717, 1.165) is 6.42 Å². The largest absolute Gasteiger partial charge is 0.349 e. The van der Waals surface area contributed by atoms with Gasteiger partial charge in [-0.3, -0.25) is 9.68 Å². The Labute approximate surface area is 71.8 Å². The first-order valence-electron chi connectivity index (χ1n) is 4.04. The summed E-state index contributed by atoms with van der Waals surface area (Å²) in [7, 11) is 0. The van der Waals surface area contributed by atoms with E-state index in [1.807, 2.05) is 6.92 Å². The second-order valence-corrected chi connectivity index (χ2v) is 2.35. The molecule has 4 nitrogen and oxygen atoms in total. The van der Waals surface area contributed by atoms with E-state index in [1.54, 1.807) is 6.92 Å². The van der Waals surface area contributed by atoms with E-state index in [4.69, 9.17) is 0 Å². The lowest BCUT2D eigenvalue weighted by Gasteiger charge is -2.00. The molecule has 0 fully saturated rings. The second kappa shape index (κ2) is 6.79. The first-order chi connectivity index (χ1) is 5.70. The molecule has 4 heteroatoms. The van der Waals surface area contributed by atoms with Gasteiger partial charge in [-0.2, -0.15) is 4.89 Å². The van der Waals surface area contributed by atoms with Crippen molar-refractivity contribution in [2.45, 2.75) is 33.1 Å². The van der Waals surface area contributed by atoms with Crippen LogP contribution in [-0.4, -0.2) is 18.4 Å². The summed E-state index contributed by atoms with van der Waals surface area (Å²) in [4.78, 5) is 30.2. The van der Waals surface area contributed by atoms with Crippen LogP contribution in [0.3, 0.4) is 0 Å². The lowest BCUT2D eigenvalue weighted by atomic mass is 10.2. The van der Waals surface area contributed by atoms with Crippen molar-refractivity contribution in [2.75, 3.05) is 6.61 Å². The van der Waals surface area contributed by atoms with E-state index in [9.17, 15) is 9.59 Å². The molecular formula is C8H14O4. The minimum atomic E-state index is -0.615. The smallest absolute Gasteiger partial charge is 0.299 e. The molecule has 0 bridgehead atoms. The molecule has 0 aromatic carbocycles. The van der Waals surface area contributed by atoms with Crippen LogP contribution >= 0.6 is 0 Å². The molecule has 0 radical (unpaired) electrons. The van der Waals surface area contributed by atoms with Crippen LogP contribution in [0.1, 0.15) is 33.1 Å². The van der Waals surface area contributed by atoms with Crippen molar-refractivity contribution in [1.29, 1.82) is 0 Å². The molecule has 0 unspecified atom stereocenters. The fourth-order valence-electron chi connectivity index (χ4n) is 0.506. The molecule has 0 saturated carbocycles. The van der Waals surface area contributed by atoms with Gasteiger partial charge in [0.25, 0.3) is 0 Å². The fourth-order valence-corrected chi connectivity index (χ4v) is 0.506. The highest BCUT2D eigenvalue weighted by Gasteiger charge is 2.09. The Hall–Kier alpha value is -0.900. The van der Waals surface area contributed by atoms with Crippen LogP contribution in [0, 0.1) is 0 Å². The molecule has 0 spiro atoms. The lowest BCUT2D eigenvalue weighted by molar-refractivity contribution is -0.271. The van der Waals surface area contributed by atoms with Gasteiger partial charge >= 0.3 is 5.97 Å². The van der Waals surface area contributed by atoms with Crippen LogP contribution in [0.5, 0.6) is 0 Å². The Bertz CT molecular complexity index is 153. The predicted octanol–water partition coefficient (Wildman–Crippen LogP) is 1.24. The minimum absolute atomic E-state index is 0.139. The molecule has 12 heavy (non-hydrogen) atoms. The summed E-state index contributed by atoms with van der Waals surface area (Å²) < 4.78 is 0. The monoisotopic (exact) mass is 174 g/mol. The molecule has 0 atom stereocenters. The topological polar surface area (TPSA) is 52.6 Å². The zero-order valence-corrected chi connectivity index (χ0v) is 7.46. The first-order valence-corrected chi connectivity index (χ1v) is 4.04. The summed E-state index contributed by atoms with van der Waals surface area (Å²) in [5, 5.41) is 0. The lowest BCUT2D eigenvalue weighted by Crippen LogP contribution is -2.11. The van der Waals surface area contributed by atoms with Crippen molar-refractivity contribution in [3.8, 4) is 0 Å². The molecule has 0 amide bonds. The number of carbonyl (C=O) groups excluding carboxylic acids is 2. The molecule has 0 heterocycles. The third-order valence-corrected chi connectivity index (χ3v) is 1.18. The molecule has 70 valence electrons. The third kappa shape index (κ3) is 5.85. The summed E-state index contributed by atoms with van der Waals surface area (Å²) in [6, 6.07) is 0. The normalized spacial score (nSPS) is 9.50. The van der Waals surface area contributed by atoms with Crippen LogP contribution in [0.2, 0.25) is 0 Å². The van der Waals surface area contributed by atoms with Crippen molar-refractivity contribution >= 4 is 11.8 Å². The first kappa shape index (κ1) is 11.1. The molecule has 0 saturated heterocycles. The van der Waals surface area contributed by atoms with Crippen LogP contribution in [-0.2, 0) is 19.4 Å². The van der Waals surface area contributed by atoms with Gasteiger partial charge in [0.1, 0.15) is 12.2 Å². The molecule has 0 N–H and O–H groups in total. The molecule has 0 rings (SSSR count). The van der Waals surface area contributed by atoms with Crippen molar-refractivity contribution in [2.24, 2.45) is 0 Å². The van der Waals surface area contributed by atoms with Gasteiger partial charge in [0.15, 0.2) is 0 Å². The van der Waals surface area contributed by atoms with Gasteiger partial charge in [-0.15, -0.1) is 0 Å². The van der Waals surface area contributed by atoms with Gasteiger partial charge in [-0.25, -0.2) is 4.79 Å². The van der Waals surface area contributed by atoms with E-state index >= 15 is 0 Å². The standard InChI is InChI=1S/C8H14O4/c1-3-5-11-12-8(10)6-7(9)4-2/h3-6H2,1-2H3. The van der Waals surface area contributed by atoms with Gasteiger partial charge in [-0.05, 0) is 6.42 Å². The van der Waals surface area contributed by atoms with E-state index in [2.05, 4.69) is 9.78 Å². The SMILES string of the molecule is CCCOOC(=O)CC(=O)CC. The Morgan fingerprint density at radius 3 is 2.42 bits per heavy atom. The third-order valence-electron chi connectivity index (χ3n) is 1.18. The molecule has 0 aliphatic carbocycles. The molecule has 0 aromatic rings. The maximum atomic E-state index is 10.7. The van der Waals surface area contributed by atoms with Gasteiger partial charge in [-0.1, -0.05) is 13.8 Å². The Morgan fingerprint density at radius 2 is 1.92 bits per heavy atom. The molecule has 0 aliphatic rings. The summed E-state index contributed by atoms with van der Waals surface area (Å²) in [5.41, 5.74) is 0. The zero-order chi connectivity index (χ0) is 9.40. The highest BCUT2D eigenvalue weighted by molar-refractivity contribution is 5.95. The van der Waals surface area contributed by atoms with E-state index < -0.39 is 5.97 Å². The Morgan fingerprint density at radius 1 is 1.25 bits per heavy atom. The number of Topliss-reactive ketones (excluding diaryl/α,β-unsaturated/α-hetero) is 1. The van der Waals surface area contributed by atoms with Gasteiger partial charge in [0, 0.05) is 6.42 Å². The van der Waals surface area contributed by atoms with E-state index in [1.165, 1.54) is 0 Å². The predicted molar refractivity (Wildman–Crippen MR) is 42.3 cm³/mol. The maximum Gasteiger partial charge on any atom is 0.349 e. The van der Waals surface area contributed by atoms with Crippen LogP contribution in [0.25, 0.3) is 0 Å². The highest BCUT2D eigenvalue weighted by atomic mass is 17.2. The maximum absolute atomic E-state index is 10.7. The fraction of sp³-hybridized carbons (Fsp3) is 0.750. The van der Waals surface area contributed by atoms with Crippen molar-refractivity contribution < 1.29 is 19.4 Å². The molecule has 0 aliphatic heterocycles. The number of rotatable bonds is 6. The average molecular weight is 174 g/mol. The molecular weight excluding hydrogens is 160 g/mol. The summed E-state index contributed by atoms with van der Waals surface area (Å²) in [5.74, 6) is -0.754. The number of ketones is 1. The average Bonchev–Trinajstić information content (AvgIpc) is 2.05. The van der Waals surface area contributed by atoms with Crippen LogP contribution in [0.15, 0.2) is 0 Å². The Balaban J connectivity index is 3.40. The number of carbonyl (C=O) groups is 2. The van der Waals surface area contributed by atoms with E-state index in [-0.39, 0.29) is 12.2 Å². The number of hydrogen-bond donors (Lipinski definition) is 0. The highest BCUT2D eigenvalue weighted by Crippen LogP contribution is 1.93. The van der Waals surface area contributed by atoms with Crippen molar-refractivity contribution in [3.63, 3.8) is 0 Å². The van der Waals surface area contributed by atoms with Crippen LogP contribution < -0.4 is 0 Å². The van der Waals surface area contributed by atoms with Gasteiger partial charge < -0.3 is 0 Å². The zero-order valence-electron chi connectivity index (χ0n) is 7.46. The number of hydrogen-bond acceptors (Lipinski definition) is 4. The van der Waals surface area contributed by atoms with Crippen molar-refractivity contribution in [3.05, 3.63) is 0 Å². The van der Waals surface area contributed by atoms with Gasteiger partial charge in [0.05, 0.1) is 6.61 Å². The minimum Gasteiger partial charge on any atom is -0.299 e. The quantitative estimate of drug-likeness (QED) is 0.263. The summed E-state index contributed by atoms with van der Waals surface area (Å²) in [6.07, 6.45) is 0.929. The van der Waals surface area contributed by atoms with E-state index in [0.29, 0.717) is 13.0 Å². The van der Waals surface area contributed by atoms with Gasteiger partial charge in [0.2, 0.25) is 0 Å². The molecule has 0 aromatic heterocycles. The Kier molecular flexibility index (Phi) is 6.28. The summed E-state index contributed by atoms with van der Waals surface area (Å²) in [6.45, 7) is 3.96. The second-order valence-electron chi connectivity index (χ2n) is 2.35. The summed E-state index contributed by atoms with van der Waals surface area (Å²) >= 11 is 0. The van der Waals surface area contributed by atoms with Crippen LogP contribution in [0.4, 0.5) is 0 Å².